The first-order valence-corrected chi connectivity index (χ1v) is 6.82. The zero-order chi connectivity index (χ0) is 13.0. The number of sulfonamides is 1. The van der Waals surface area contributed by atoms with Gasteiger partial charge < -0.3 is 5.11 Å². The lowest BCUT2D eigenvalue weighted by atomic mass is 10.1. The van der Waals surface area contributed by atoms with Gasteiger partial charge in [-0.25, -0.2) is 13.1 Å². The molecule has 96 valence electrons. The number of nitrogens with zero attached hydrogens (tertiary/aromatic N) is 1. The molecule has 0 aliphatic rings. The second-order valence-corrected chi connectivity index (χ2v) is 5.52. The van der Waals surface area contributed by atoms with Crippen molar-refractivity contribution in [2.75, 3.05) is 6.54 Å². The summed E-state index contributed by atoms with van der Waals surface area (Å²) in [6.07, 6.45) is 3.13. The number of aromatic hydroxyl groups is 1. The van der Waals surface area contributed by atoms with E-state index in [1.54, 1.807) is 24.3 Å². The van der Waals surface area contributed by atoms with E-state index in [0.717, 1.165) is 5.56 Å². The highest BCUT2D eigenvalue weighted by molar-refractivity contribution is 7.89. The lowest BCUT2D eigenvalue weighted by Gasteiger charge is -2.04. The van der Waals surface area contributed by atoms with Crippen LogP contribution in [0.15, 0.2) is 41.6 Å². The number of hydrogen-bond acceptors (Lipinski definition) is 4. The van der Waals surface area contributed by atoms with Gasteiger partial charge in [0.25, 0.3) is 0 Å². The molecule has 6 nitrogen and oxygen atoms in total. The van der Waals surface area contributed by atoms with Gasteiger partial charge in [-0.3, -0.25) is 5.10 Å². The van der Waals surface area contributed by atoms with Crippen molar-refractivity contribution in [1.29, 1.82) is 0 Å². The summed E-state index contributed by atoms with van der Waals surface area (Å²) >= 11 is 0. The Kier molecular flexibility index (Phi) is 3.63. The molecule has 0 fully saturated rings. The van der Waals surface area contributed by atoms with Crippen molar-refractivity contribution >= 4 is 10.0 Å². The van der Waals surface area contributed by atoms with Crippen molar-refractivity contribution in [3.8, 4) is 5.75 Å². The van der Waals surface area contributed by atoms with E-state index in [1.807, 2.05) is 0 Å². The van der Waals surface area contributed by atoms with Crippen LogP contribution in [0.3, 0.4) is 0 Å². The zero-order valence-electron chi connectivity index (χ0n) is 9.50. The molecular weight excluding hydrogens is 254 g/mol. The highest BCUT2D eigenvalue weighted by atomic mass is 32.2. The molecule has 1 aromatic carbocycles. The van der Waals surface area contributed by atoms with Gasteiger partial charge in [0.05, 0.1) is 6.20 Å². The summed E-state index contributed by atoms with van der Waals surface area (Å²) in [6, 6.07) is 6.64. The fourth-order valence-electron chi connectivity index (χ4n) is 1.46. The Morgan fingerprint density at radius 2 is 2.00 bits per heavy atom. The molecule has 0 saturated heterocycles. The summed E-state index contributed by atoms with van der Waals surface area (Å²) in [5.74, 6) is 0.192. The third-order valence-corrected chi connectivity index (χ3v) is 3.85. The summed E-state index contributed by atoms with van der Waals surface area (Å²) in [4.78, 5) is 0.119. The monoisotopic (exact) mass is 267 g/mol. The minimum absolute atomic E-state index is 0.119. The minimum atomic E-state index is -3.49. The second-order valence-electron chi connectivity index (χ2n) is 3.75. The average molecular weight is 267 g/mol. The Morgan fingerprint density at radius 1 is 1.28 bits per heavy atom. The van der Waals surface area contributed by atoms with Gasteiger partial charge in [-0.15, -0.1) is 0 Å². The van der Waals surface area contributed by atoms with Crippen LogP contribution in [0.5, 0.6) is 5.75 Å². The number of phenolic OH excluding ortho intramolecular Hbond substituents is 1. The molecule has 7 heteroatoms. The molecule has 2 aromatic rings. The fraction of sp³-hybridized carbons (Fsp3) is 0.182. The van der Waals surface area contributed by atoms with E-state index < -0.39 is 10.0 Å². The summed E-state index contributed by atoms with van der Waals surface area (Å²) in [5, 5.41) is 15.2. The van der Waals surface area contributed by atoms with E-state index in [9.17, 15) is 8.42 Å². The Labute approximate surface area is 105 Å². The van der Waals surface area contributed by atoms with Crippen LogP contribution in [0.1, 0.15) is 5.56 Å². The van der Waals surface area contributed by atoms with Crippen molar-refractivity contribution in [2.45, 2.75) is 11.3 Å². The van der Waals surface area contributed by atoms with Crippen LogP contribution in [-0.2, 0) is 16.4 Å². The summed E-state index contributed by atoms with van der Waals surface area (Å²) in [5.41, 5.74) is 0.947. The summed E-state index contributed by atoms with van der Waals surface area (Å²) < 4.78 is 25.9. The van der Waals surface area contributed by atoms with Crippen molar-refractivity contribution in [2.24, 2.45) is 0 Å². The van der Waals surface area contributed by atoms with Crippen LogP contribution < -0.4 is 4.72 Å². The predicted molar refractivity (Wildman–Crippen MR) is 65.6 cm³/mol. The van der Waals surface area contributed by atoms with Gasteiger partial charge in [-0.1, -0.05) is 12.1 Å². The molecule has 0 aliphatic heterocycles. The van der Waals surface area contributed by atoms with Crippen LogP contribution in [-0.4, -0.2) is 30.3 Å². The number of phenols is 1. The molecule has 0 saturated carbocycles. The van der Waals surface area contributed by atoms with Gasteiger partial charge >= 0.3 is 0 Å². The van der Waals surface area contributed by atoms with Gasteiger partial charge in [0.15, 0.2) is 0 Å². The third kappa shape index (κ3) is 3.08. The molecular formula is C11H13N3O3S. The number of aromatic amines is 1. The minimum Gasteiger partial charge on any atom is -0.508 e. The van der Waals surface area contributed by atoms with Crippen molar-refractivity contribution < 1.29 is 13.5 Å². The van der Waals surface area contributed by atoms with E-state index in [1.165, 1.54) is 12.4 Å². The van der Waals surface area contributed by atoms with Crippen LogP contribution in [0.25, 0.3) is 0 Å². The maximum atomic E-state index is 11.7. The van der Waals surface area contributed by atoms with Gasteiger partial charge in [0.1, 0.15) is 10.6 Å². The van der Waals surface area contributed by atoms with Gasteiger partial charge in [-0.05, 0) is 24.1 Å². The van der Waals surface area contributed by atoms with E-state index in [0.29, 0.717) is 6.42 Å². The van der Waals surface area contributed by atoms with Gasteiger partial charge in [-0.2, -0.15) is 5.10 Å². The standard InChI is InChI=1S/C11H13N3O3S/c15-10-3-1-9(2-4-10)5-6-14-18(16,17)11-7-12-13-8-11/h1-4,7-8,14-15H,5-6H2,(H,12,13). The number of nitrogens with one attached hydrogen (secondary N) is 2. The van der Waals surface area contributed by atoms with Crippen LogP contribution in [0, 0.1) is 0 Å². The molecule has 0 spiro atoms. The molecule has 0 aliphatic carbocycles. The highest BCUT2D eigenvalue weighted by Gasteiger charge is 2.13. The largest absolute Gasteiger partial charge is 0.508 e. The molecule has 3 N–H and O–H groups in total. The van der Waals surface area contributed by atoms with Crippen LogP contribution in [0.2, 0.25) is 0 Å². The van der Waals surface area contributed by atoms with E-state index in [4.69, 9.17) is 5.11 Å². The van der Waals surface area contributed by atoms with Crippen molar-refractivity contribution in [3.05, 3.63) is 42.2 Å². The molecule has 2 rings (SSSR count). The smallest absolute Gasteiger partial charge is 0.243 e. The molecule has 1 heterocycles. The van der Waals surface area contributed by atoms with Gasteiger partial charge in [0.2, 0.25) is 10.0 Å². The molecule has 18 heavy (non-hydrogen) atoms. The fourth-order valence-corrected chi connectivity index (χ4v) is 2.40. The Hall–Kier alpha value is -1.86. The molecule has 0 atom stereocenters. The van der Waals surface area contributed by atoms with Crippen LogP contribution >= 0.6 is 0 Å². The number of benzene rings is 1. The highest BCUT2D eigenvalue weighted by Crippen LogP contribution is 2.10. The predicted octanol–water partition coefficient (Wildman–Crippen LogP) is 0.636. The first kappa shape index (κ1) is 12.6. The lowest BCUT2D eigenvalue weighted by Crippen LogP contribution is -2.25. The van der Waals surface area contributed by atoms with Crippen molar-refractivity contribution in [1.82, 2.24) is 14.9 Å². The molecule has 0 amide bonds. The summed E-state index contributed by atoms with van der Waals surface area (Å²) in [6.45, 7) is 0.290. The quantitative estimate of drug-likeness (QED) is 0.740. The Bertz CT molecular complexity index is 591. The number of hydrogen-bond donors (Lipinski definition) is 3. The molecule has 0 radical (unpaired) electrons. The first-order valence-electron chi connectivity index (χ1n) is 5.34. The maximum Gasteiger partial charge on any atom is 0.243 e. The van der Waals surface area contributed by atoms with E-state index in [2.05, 4.69) is 14.9 Å². The number of H-pyrrole nitrogens is 1. The number of aromatic nitrogens is 2. The first-order chi connectivity index (χ1) is 8.58. The Morgan fingerprint density at radius 3 is 2.61 bits per heavy atom. The average Bonchev–Trinajstić information content (AvgIpc) is 2.86. The maximum absolute atomic E-state index is 11.7. The van der Waals surface area contributed by atoms with E-state index >= 15 is 0 Å². The van der Waals surface area contributed by atoms with Crippen LogP contribution in [0.4, 0.5) is 0 Å². The SMILES string of the molecule is O=S(=O)(NCCc1ccc(O)cc1)c1cn[nH]c1. The normalized spacial score (nSPS) is 11.6. The Balaban J connectivity index is 1.91. The third-order valence-electron chi connectivity index (χ3n) is 2.43. The number of rotatable bonds is 5. The molecule has 1 aromatic heterocycles. The second kappa shape index (κ2) is 5.19. The van der Waals surface area contributed by atoms with E-state index in [-0.39, 0.29) is 17.2 Å². The zero-order valence-corrected chi connectivity index (χ0v) is 10.3. The topological polar surface area (TPSA) is 95.1 Å². The summed E-state index contributed by atoms with van der Waals surface area (Å²) in [7, 11) is -3.49. The molecule has 0 bridgehead atoms. The molecule has 0 unspecified atom stereocenters. The lowest BCUT2D eigenvalue weighted by molar-refractivity contribution is 0.475. The van der Waals surface area contributed by atoms with Crippen molar-refractivity contribution in [3.63, 3.8) is 0 Å². The van der Waals surface area contributed by atoms with Gasteiger partial charge in [0, 0.05) is 12.7 Å².